The minimum atomic E-state index is -1.21. The Bertz CT molecular complexity index is 1090. The number of β-lactam (4-membered cyclic amide) rings is 1. The van der Waals surface area contributed by atoms with Crippen LogP contribution < -0.4 is 10.6 Å². The molecule has 3 amide bonds. The quantitative estimate of drug-likeness (QED) is 0.412. The highest BCUT2D eigenvalue weighted by molar-refractivity contribution is 8.00. The highest BCUT2D eigenvalue weighted by Gasteiger charge is 2.55. The Balaban J connectivity index is 1.52. The number of hydrogen-bond acceptors (Lipinski definition) is 8. The minimum Gasteiger partial charge on any atom is -0.508 e. The third kappa shape index (κ3) is 5.29. The first-order chi connectivity index (χ1) is 17.0. The Morgan fingerprint density at radius 1 is 1.22 bits per heavy atom. The van der Waals surface area contributed by atoms with E-state index in [1.165, 1.54) is 40.9 Å². The van der Waals surface area contributed by atoms with Gasteiger partial charge in [-0.05, 0) is 56.9 Å². The summed E-state index contributed by atoms with van der Waals surface area (Å²) in [7, 11) is 0. The molecule has 1 aromatic rings. The van der Waals surface area contributed by atoms with Gasteiger partial charge in [-0.3, -0.25) is 14.5 Å². The molecule has 2 saturated heterocycles. The molecule has 0 radical (unpaired) electrons. The lowest BCUT2D eigenvalue weighted by molar-refractivity contribution is -0.151. The first kappa shape index (κ1) is 25.8. The molecule has 4 rings (SSSR count). The Hall–Kier alpha value is -3.25. The summed E-state index contributed by atoms with van der Waals surface area (Å²) in [5.74, 6) is -2.08. The zero-order chi connectivity index (χ0) is 26.2. The summed E-state index contributed by atoms with van der Waals surface area (Å²) >= 11 is 1.36. The number of aliphatic carboxylic acids is 1. The second-order valence-corrected chi connectivity index (χ2v) is 10.9. The van der Waals surface area contributed by atoms with Gasteiger partial charge in [0.15, 0.2) is 0 Å². The van der Waals surface area contributed by atoms with Crippen LogP contribution in [0.4, 0.5) is 4.79 Å². The first-order valence-corrected chi connectivity index (χ1v) is 12.6. The number of fused-ring (bicyclic) bond motifs is 1. The Morgan fingerprint density at radius 2 is 1.92 bits per heavy atom. The van der Waals surface area contributed by atoms with Crippen LogP contribution in [-0.4, -0.2) is 74.5 Å². The van der Waals surface area contributed by atoms with Crippen molar-refractivity contribution in [1.82, 2.24) is 15.5 Å². The van der Waals surface area contributed by atoms with Gasteiger partial charge in [0.25, 0.3) is 5.91 Å². The second-order valence-electron chi connectivity index (χ2n) is 9.75. The van der Waals surface area contributed by atoms with Crippen LogP contribution in [-0.2, 0) is 23.9 Å². The lowest BCUT2D eigenvalue weighted by Gasteiger charge is -2.50. The molecule has 0 aromatic heterocycles. The third-order valence-corrected chi connectivity index (χ3v) is 7.27. The van der Waals surface area contributed by atoms with E-state index in [4.69, 9.17) is 9.47 Å². The van der Waals surface area contributed by atoms with Crippen molar-refractivity contribution in [2.45, 2.75) is 62.8 Å². The number of phenols is 1. The van der Waals surface area contributed by atoms with Gasteiger partial charge < -0.3 is 30.3 Å². The van der Waals surface area contributed by atoms with E-state index in [9.17, 15) is 29.4 Å². The normalized spacial score (nSPS) is 24.5. The van der Waals surface area contributed by atoms with Crippen molar-refractivity contribution >= 4 is 35.6 Å². The predicted octanol–water partition coefficient (Wildman–Crippen LogP) is 1.88. The average molecular weight is 520 g/mol. The molecule has 0 aliphatic carbocycles. The number of ether oxygens (including phenoxy) is 2. The van der Waals surface area contributed by atoms with E-state index in [0.717, 1.165) is 6.42 Å². The molecule has 2 fully saturated rings. The van der Waals surface area contributed by atoms with Crippen molar-refractivity contribution in [2.24, 2.45) is 0 Å². The average Bonchev–Trinajstić information content (AvgIpc) is 3.34. The Labute approximate surface area is 212 Å². The number of carbonyl (C=O) groups excluding carboxylic acids is 3. The van der Waals surface area contributed by atoms with Gasteiger partial charge >= 0.3 is 12.1 Å². The second kappa shape index (κ2) is 10.0. The minimum absolute atomic E-state index is 0.0198. The molecule has 3 aliphatic heterocycles. The van der Waals surface area contributed by atoms with Crippen LogP contribution in [0.1, 0.15) is 45.2 Å². The van der Waals surface area contributed by atoms with Crippen molar-refractivity contribution in [3.63, 3.8) is 0 Å². The van der Waals surface area contributed by atoms with Crippen LogP contribution in [0, 0.1) is 0 Å². The van der Waals surface area contributed by atoms with Crippen molar-refractivity contribution < 1.29 is 38.9 Å². The van der Waals surface area contributed by atoms with Crippen LogP contribution in [0.3, 0.4) is 0 Å². The highest BCUT2D eigenvalue weighted by atomic mass is 32.2. The molecular formula is C24H29N3O8S. The number of carboxylic acid groups (broad SMARTS) is 1. The van der Waals surface area contributed by atoms with E-state index in [-0.39, 0.29) is 17.6 Å². The van der Waals surface area contributed by atoms with Crippen LogP contribution in [0.15, 0.2) is 35.5 Å². The van der Waals surface area contributed by atoms with E-state index in [1.807, 2.05) is 0 Å². The van der Waals surface area contributed by atoms with E-state index in [0.29, 0.717) is 29.9 Å². The molecule has 11 nitrogen and oxygen atoms in total. The van der Waals surface area contributed by atoms with Gasteiger partial charge in [0.05, 0.1) is 6.10 Å². The molecule has 12 heteroatoms. The first-order valence-electron chi connectivity index (χ1n) is 11.6. The number of hydrogen-bond donors (Lipinski definition) is 4. The van der Waals surface area contributed by atoms with E-state index in [1.54, 1.807) is 20.8 Å². The molecule has 1 aromatic carbocycles. The fourth-order valence-electron chi connectivity index (χ4n) is 4.37. The summed E-state index contributed by atoms with van der Waals surface area (Å²) in [6.45, 7) is 5.60. The summed E-state index contributed by atoms with van der Waals surface area (Å²) in [6.07, 6.45) is 0.361. The maximum atomic E-state index is 13.3. The Kier molecular flexibility index (Phi) is 7.19. The number of nitrogens with zero attached hydrogens (tertiary/aromatic N) is 1. The lowest BCUT2D eigenvalue weighted by atomic mass is 9.98. The summed E-state index contributed by atoms with van der Waals surface area (Å²) in [6, 6.07) is 3.50. The zero-order valence-electron chi connectivity index (χ0n) is 20.1. The molecule has 0 spiro atoms. The number of amides is 3. The van der Waals surface area contributed by atoms with Gasteiger partial charge in [0.1, 0.15) is 34.5 Å². The molecule has 3 aliphatic rings. The number of alkyl carbamates (subject to hydrolysis) is 1. The summed E-state index contributed by atoms with van der Waals surface area (Å²) in [5.41, 5.74) is 0.0581. The van der Waals surface area contributed by atoms with Crippen molar-refractivity contribution in [1.29, 1.82) is 0 Å². The number of rotatable bonds is 6. The largest absolute Gasteiger partial charge is 0.508 e. The third-order valence-electron chi connectivity index (χ3n) is 5.97. The standard InChI is InChI=1S/C24H29N3O8S/c1-24(2,3)35-23(33)26-16(12-6-8-13(28)9-7-12)19(29)25-17-20(30)27-18(22(31)32)14(11-36-21(17)27)15-5-4-10-34-15/h6-9,15-17,21,28H,4-5,10-11H2,1-3H3,(H,25,29)(H,26,33)(H,31,32)/t15-,16-,17-,21-/m1/s1. The van der Waals surface area contributed by atoms with Crippen molar-refractivity contribution in [3.05, 3.63) is 41.1 Å². The van der Waals surface area contributed by atoms with Gasteiger partial charge in [0, 0.05) is 12.4 Å². The van der Waals surface area contributed by atoms with Gasteiger partial charge in [-0.2, -0.15) is 0 Å². The van der Waals surface area contributed by atoms with E-state index >= 15 is 0 Å². The fourth-order valence-corrected chi connectivity index (χ4v) is 5.78. The SMILES string of the molecule is CC(C)(C)OC(=O)N[C@@H](C(=O)N[C@@H]1C(=O)N2C(C(=O)O)=C([C@H]3CCCO3)CS[C@H]12)c1ccc(O)cc1. The molecule has 0 unspecified atom stereocenters. The summed E-state index contributed by atoms with van der Waals surface area (Å²) in [4.78, 5) is 52.0. The smallest absolute Gasteiger partial charge is 0.408 e. The maximum Gasteiger partial charge on any atom is 0.408 e. The molecule has 0 bridgehead atoms. The number of carboxylic acids is 1. The number of benzene rings is 1. The number of phenolic OH excluding ortho intramolecular Hbond substituents is 1. The number of thioether (sulfide) groups is 1. The highest BCUT2D eigenvalue weighted by Crippen LogP contribution is 2.43. The van der Waals surface area contributed by atoms with Crippen LogP contribution in [0.25, 0.3) is 0 Å². The van der Waals surface area contributed by atoms with E-state index in [2.05, 4.69) is 10.6 Å². The molecule has 0 saturated carbocycles. The number of aromatic hydroxyl groups is 1. The lowest BCUT2D eigenvalue weighted by Crippen LogP contribution is -2.71. The molecule has 4 N–H and O–H groups in total. The number of carbonyl (C=O) groups is 4. The monoisotopic (exact) mass is 519 g/mol. The van der Waals surface area contributed by atoms with Crippen LogP contribution in [0.2, 0.25) is 0 Å². The van der Waals surface area contributed by atoms with Crippen LogP contribution in [0.5, 0.6) is 5.75 Å². The summed E-state index contributed by atoms with van der Waals surface area (Å²) < 4.78 is 10.9. The van der Waals surface area contributed by atoms with Crippen molar-refractivity contribution in [2.75, 3.05) is 12.4 Å². The molecular weight excluding hydrogens is 490 g/mol. The molecule has 3 heterocycles. The summed E-state index contributed by atoms with van der Waals surface area (Å²) in [5, 5.41) is 24.0. The zero-order valence-corrected chi connectivity index (χ0v) is 21.0. The predicted molar refractivity (Wildman–Crippen MR) is 129 cm³/mol. The van der Waals surface area contributed by atoms with Gasteiger partial charge in [0.2, 0.25) is 5.91 Å². The van der Waals surface area contributed by atoms with E-state index < -0.39 is 46.9 Å². The van der Waals surface area contributed by atoms with Gasteiger partial charge in [-0.25, -0.2) is 9.59 Å². The maximum absolute atomic E-state index is 13.3. The van der Waals surface area contributed by atoms with Crippen molar-refractivity contribution in [3.8, 4) is 5.75 Å². The Morgan fingerprint density at radius 3 is 2.50 bits per heavy atom. The van der Waals surface area contributed by atoms with Gasteiger partial charge in [-0.1, -0.05) is 12.1 Å². The fraction of sp³-hybridized carbons (Fsp3) is 0.500. The number of nitrogens with one attached hydrogen (secondary N) is 2. The molecule has 194 valence electrons. The van der Waals surface area contributed by atoms with Gasteiger partial charge in [-0.15, -0.1) is 11.8 Å². The molecule has 36 heavy (non-hydrogen) atoms. The molecule has 4 atom stereocenters. The van der Waals surface area contributed by atoms with Crippen LogP contribution >= 0.6 is 11.8 Å². The topological polar surface area (TPSA) is 154 Å².